The maximum Gasteiger partial charge on any atom is 0.251 e. The second kappa shape index (κ2) is 10.6. The zero-order chi connectivity index (χ0) is 17.0. The lowest BCUT2D eigenvalue weighted by Crippen LogP contribution is -2.42. The Labute approximate surface area is 144 Å². The first-order valence-corrected chi connectivity index (χ1v) is 8.65. The molecule has 1 aliphatic rings. The number of carbonyl (C=O) groups excluding carboxylic acids is 1. The second-order valence-electron chi connectivity index (χ2n) is 5.92. The van der Waals surface area contributed by atoms with Gasteiger partial charge in [-0.25, -0.2) is 0 Å². The molecule has 0 saturated heterocycles. The van der Waals surface area contributed by atoms with Crippen molar-refractivity contribution in [1.29, 1.82) is 0 Å². The molecule has 1 amide bonds. The Morgan fingerprint density at radius 1 is 1.12 bits per heavy atom. The van der Waals surface area contributed by atoms with Gasteiger partial charge in [-0.1, -0.05) is 18.2 Å². The van der Waals surface area contributed by atoms with Gasteiger partial charge >= 0.3 is 0 Å². The highest BCUT2D eigenvalue weighted by Gasteiger charge is 2.20. The lowest BCUT2D eigenvalue weighted by Gasteiger charge is -2.12. The molecule has 2 rings (SSSR count). The summed E-state index contributed by atoms with van der Waals surface area (Å²) in [4.78, 5) is 16.0. The van der Waals surface area contributed by atoms with Crippen LogP contribution in [0.25, 0.3) is 0 Å². The van der Waals surface area contributed by atoms with Crippen LogP contribution in [0.3, 0.4) is 0 Å². The highest BCUT2D eigenvalue weighted by atomic mass is 16.5. The van der Waals surface area contributed by atoms with E-state index >= 15 is 0 Å². The Morgan fingerprint density at radius 3 is 2.54 bits per heavy atom. The number of hydrogen-bond donors (Lipinski definition) is 3. The van der Waals surface area contributed by atoms with Gasteiger partial charge in [0.1, 0.15) is 0 Å². The summed E-state index contributed by atoms with van der Waals surface area (Å²) in [6, 6.07) is 9.20. The average Bonchev–Trinajstić information content (AvgIpc) is 3.44. The Bertz CT molecular complexity index is 515. The van der Waals surface area contributed by atoms with Gasteiger partial charge < -0.3 is 20.7 Å². The minimum atomic E-state index is -0.0619. The van der Waals surface area contributed by atoms with Crippen molar-refractivity contribution in [1.82, 2.24) is 16.0 Å². The topological polar surface area (TPSA) is 74.8 Å². The summed E-state index contributed by atoms with van der Waals surface area (Å²) in [6.45, 7) is 3.68. The molecule has 1 aromatic carbocycles. The van der Waals surface area contributed by atoms with Crippen molar-refractivity contribution >= 4 is 11.9 Å². The van der Waals surface area contributed by atoms with Gasteiger partial charge in [-0.05, 0) is 37.3 Å². The molecule has 1 aliphatic carbocycles. The molecule has 0 aromatic heterocycles. The fourth-order valence-corrected chi connectivity index (χ4v) is 2.18. The molecule has 1 aromatic rings. The van der Waals surface area contributed by atoms with E-state index in [1.807, 2.05) is 18.2 Å². The zero-order valence-electron chi connectivity index (χ0n) is 14.4. The summed E-state index contributed by atoms with van der Waals surface area (Å²) < 4.78 is 5.59. The number of aliphatic imine (C=N–C) groups is 1. The van der Waals surface area contributed by atoms with E-state index in [1.54, 1.807) is 19.2 Å². The van der Waals surface area contributed by atoms with Crippen molar-refractivity contribution in [2.45, 2.75) is 19.3 Å². The minimum Gasteiger partial charge on any atom is -0.381 e. The van der Waals surface area contributed by atoms with Gasteiger partial charge in [0, 0.05) is 45.5 Å². The number of nitrogens with one attached hydrogen (secondary N) is 3. The average molecular weight is 332 g/mol. The summed E-state index contributed by atoms with van der Waals surface area (Å²) in [5.74, 6) is 1.50. The Balaban J connectivity index is 1.49. The van der Waals surface area contributed by atoms with Crippen LogP contribution in [-0.4, -0.2) is 51.8 Å². The Kier molecular flexibility index (Phi) is 8.10. The SMILES string of the molecule is CN=C(NCCCOCC1CC1)NCCNC(=O)c1ccccc1. The van der Waals surface area contributed by atoms with E-state index in [0.29, 0.717) is 18.7 Å². The molecule has 3 N–H and O–H groups in total. The molecule has 0 atom stereocenters. The van der Waals surface area contributed by atoms with Crippen molar-refractivity contribution in [3.8, 4) is 0 Å². The van der Waals surface area contributed by atoms with Gasteiger partial charge in [-0.3, -0.25) is 9.79 Å². The molecule has 0 bridgehead atoms. The van der Waals surface area contributed by atoms with Gasteiger partial charge in [0.05, 0.1) is 0 Å². The molecule has 0 unspecified atom stereocenters. The Hall–Kier alpha value is -2.08. The standard InChI is InChI=1S/C18H28N4O2/c1-19-18(21-10-5-13-24-14-15-8-9-15)22-12-11-20-17(23)16-6-3-2-4-7-16/h2-4,6-7,15H,5,8-14H2,1H3,(H,20,23)(H2,19,21,22). The first-order valence-electron chi connectivity index (χ1n) is 8.65. The first kappa shape index (κ1) is 18.3. The van der Waals surface area contributed by atoms with Crippen molar-refractivity contribution in [3.63, 3.8) is 0 Å². The largest absolute Gasteiger partial charge is 0.381 e. The van der Waals surface area contributed by atoms with Crippen molar-refractivity contribution in [3.05, 3.63) is 35.9 Å². The summed E-state index contributed by atoms with van der Waals surface area (Å²) in [6.07, 6.45) is 3.61. The van der Waals surface area contributed by atoms with Gasteiger partial charge in [-0.15, -0.1) is 0 Å². The van der Waals surface area contributed by atoms with E-state index in [2.05, 4.69) is 20.9 Å². The molecular weight excluding hydrogens is 304 g/mol. The van der Waals surface area contributed by atoms with E-state index < -0.39 is 0 Å². The number of benzene rings is 1. The Morgan fingerprint density at radius 2 is 1.83 bits per heavy atom. The number of guanidine groups is 1. The number of amides is 1. The van der Waals surface area contributed by atoms with E-state index in [9.17, 15) is 4.79 Å². The van der Waals surface area contributed by atoms with Crippen molar-refractivity contribution in [2.75, 3.05) is 39.9 Å². The molecule has 0 aliphatic heterocycles. The smallest absolute Gasteiger partial charge is 0.251 e. The van der Waals surface area contributed by atoms with Crippen LogP contribution in [0.2, 0.25) is 0 Å². The normalized spacial score (nSPS) is 14.3. The van der Waals surface area contributed by atoms with Crippen LogP contribution in [-0.2, 0) is 4.74 Å². The quantitative estimate of drug-likeness (QED) is 0.344. The first-order chi connectivity index (χ1) is 11.8. The van der Waals surface area contributed by atoms with Gasteiger partial charge in [-0.2, -0.15) is 0 Å². The van der Waals surface area contributed by atoms with E-state index in [0.717, 1.165) is 38.1 Å². The number of hydrogen-bond acceptors (Lipinski definition) is 3. The molecular formula is C18H28N4O2. The van der Waals surface area contributed by atoms with Crippen LogP contribution in [0.15, 0.2) is 35.3 Å². The summed E-state index contributed by atoms with van der Waals surface area (Å²) in [5, 5.41) is 9.29. The number of rotatable bonds is 10. The fourth-order valence-electron chi connectivity index (χ4n) is 2.18. The van der Waals surface area contributed by atoms with Crippen LogP contribution in [0.5, 0.6) is 0 Å². The van der Waals surface area contributed by atoms with Crippen LogP contribution in [0.4, 0.5) is 0 Å². The molecule has 0 spiro atoms. The molecule has 0 heterocycles. The van der Waals surface area contributed by atoms with E-state index in [-0.39, 0.29) is 5.91 Å². The molecule has 1 fully saturated rings. The molecule has 0 radical (unpaired) electrons. The van der Waals surface area contributed by atoms with E-state index in [1.165, 1.54) is 12.8 Å². The summed E-state index contributed by atoms with van der Waals surface area (Å²) >= 11 is 0. The molecule has 24 heavy (non-hydrogen) atoms. The maximum atomic E-state index is 11.9. The number of carbonyl (C=O) groups is 1. The minimum absolute atomic E-state index is 0.0619. The number of nitrogens with zero attached hydrogens (tertiary/aromatic N) is 1. The third-order valence-corrected chi connectivity index (χ3v) is 3.77. The fraction of sp³-hybridized carbons (Fsp3) is 0.556. The van der Waals surface area contributed by atoms with Crippen molar-refractivity contribution in [2.24, 2.45) is 10.9 Å². The second-order valence-corrected chi connectivity index (χ2v) is 5.92. The lowest BCUT2D eigenvalue weighted by molar-refractivity contribution is 0.0954. The predicted octanol–water partition coefficient (Wildman–Crippen LogP) is 1.40. The third-order valence-electron chi connectivity index (χ3n) is 3.77. The monoisotopic (exact) mass is 332 g/mol. The van der Waals surface area contributed by atoms with Gasteiger partial charge in [0.2, 0.25) is 0 Å². The van der Waals surface area contributed by atoms with E-state index in [4.69, 9.17) is 4.74 Å². The third kappa shape index (κ3) is 7.46. The van der Waals surface area contributed by atoms with Gasteiger partial charge in [0.15, 0.2) is 5.96 Å². The van der Waals surface area contributed by atoms with Gasteiger partial charge in [0.25, 0.3) is 5.91 Å². The highest BCUT2D eigenvalue weighted by Crippen LogP contribution is 2.28. The number of ether oxygens (including phenoxy) is 1. The zero-order valence-corrected chi connectivity index (χ0v) is 14.4. The van der Waals surface area contributed by atoms with Crippen LogP contribution in [0, 0.1) is 5.92 Å². The van der Waals surface area contributed by atoms with Crippen LogP contribution in [0.1, 0.15) is 29.6 Å². The summed E-state index contributed by atoms with van der Waals surface area (Å²) in [7, 11) is 1.74. The maximum absolute atomic E-state index is 11.9. The van der Waals surface area contributed by atoms with Crippen LogP contribution < -0.4 is 16.0 Å². The molecule has 1 saturated carbocycles. The lowest BCUT2D eigenvalue weighted by atomic mass is 10.2. The predicted molar refractivity (Wildman–Crippen MR) is 96.3 cm³/mol. The molecule has 6 nitrogen and oxygen atoms in total. The highest BCUT2D eigenvalue weighted by molar-refractivity contribution is 5.94. The summed E-state index contributed by atoms with van der Waals surface area (Å²) in [5.41, 5.74) is 0.672. The van der Waals surface area contributed by atoms with Crippen LogP contribution >= 0.6 is 0 Å². The molecule has 132 valence electrons. The molecule has 6 heteroatoms. The van der Waals surface area contributed by atoms with Crippen molar-refractivity contribution < 1.29 is 9.53 Å².